The molecule has 112 valence electrons. The number of aryl methyl sites for hydroxylation is 2. The fourth-order valence-corrected chi connectivity index (χ4v) is 2.78. The topological polar surface area (TPSA) is 51.2 Å². The summed E-state index contributed by atoms with van der Waals surface area (Å²) in [6.07, 6.45) is 0. The normalized spacial score (nSPS) is 10.5. The largest absolute Gasteiger partial charge is 0.484 e. The van der Waals surface area contributed by atoms with Crippen LogP contribution in [-0.2, 0) is 10.7 Å². The number of nitrogens with one attached hydrogen (secondary N) is 1. The first-order valence-corrected chi connectivity index (χ1v) is 7.98. The van der Waals surface area contributed by atoms with Crippen LogP contribution < -0.4 is 10.1 Å². The molecule has 0 unspecified atom stereocenters. The summed E-state index contributed by atoms with van der Waals surface area (Å²) in [4.78, 5) is 15.9. The van der Waals surface area contributed by atoms with Crippen LogP contribution in [-0.4, -0.2) is 17.5 Å². The van der Waals surface area contributed by atoms with Gasteiger partial charge in [0.05, 0.1) is 11.6 Å². The van der Waals surface area contributed by atoms with Gasteiger partial charge in [-0.2, -0.15) is 0 Å². The molecule has 0 aliphatic rings. The number of hydrogen-bond donors (Lipinski definition) is 1. The predicted molar refractivity (Wildman–Crippen MR) is 86.7 cm³/mol. The molecule has 0 aliphatic carbocycles. The number of benzene rings is 1. The Morgan fingerprint density at radius 2 is 2.05 bits per heavy atom. The van der Waals surface area contributed by atoms with Crippen LogP contribution in [0, 0.1) is 13.8 Å². The Morgan fingerprint density at radius 3 is 2.62 bits per heavy atom. The van der Waals surface area contributed by atoms with Gasteiger partial charge in [-0.1, -0.05) is 11.6 Å². The second-order valence-electron chi connectivity index (χ2n) is 4.49. The molecular weight excluding hydrogens is 331 g/mol. The average Bonchev–Trinajstić information content (AvgIpc) is 2.90. The van der Waals surface area contributed by atoms with Crippen molar-refractivity contribution in [1.29, 1.82) is 0 Å². The van der Waals surface area contributed by atoms with Gasteiger partial charge >= 0.3 is 0 Å². The minimum atomic E-state index is -0.268. The standard InChI is InChI=1S/C14H14Cl2N2O2S/c1-8-3-11(4-9(2)13(8)16)20-6-12(19)18-14-17-10(5-15)7-21-14/h3-4,7H,5-6H2,1-2H3,(H,17,18,19). The number of halogens is 2. The van der Waals surface area contributed by atoms with E-state index >= 15 is 0 Å². The van der Waals surface area contributed by atoms with E-state index in [-0.39, 0.29) is 12.5 Å². The Morgan fingerprint density at radius 1 is 1.38 bits per heavy atom. The van der Waals surface area contributed by atoms with Crippen LogP contribution in [0.1, 0.15) is 16.8 Å². The lowest BCUT2D eigenvalue weighted by Gasteiger charge is -2.09. The highest BCUT2D eigenvalue weighted by atomic mass is 35.5. The maximum absolute atomic E-state index is 11.8. The zero-order valence-electron chi connectivity index (χ0n) is 11.6. The summed E-state index contributed by atoms with van der Waals surface area (Å²) in [5, 5.41) is 5.69. The van der Waals surface area contributed by atoms with Crippen LogP contribution in [0.25, 0.3) is 0 Å². The number of ether oxygens (including phenoxy) is 1. The van der Waals surface area contributed by atoms with Crippen molar-refractivity contribution in [3.63, 3.8) is 0 Å². The van der Waals surface area contributed by atoms with Gasteiger partial charge < -0.3 is 4.74 Å². The van der Waals surface area contributed by atoms with Gasteiger partial charge in [0.2, 0.25) is 0 Å². The van der Waals surface area contributed by atoms with Gasteiger partial charge in [-0.3, -0.25) is 10.1 Å². The van der Waals surface area contributed by atoms with Crippen LogP contribution in [0.5, 0.6) is 5.75 Å². The highest BCUT2D eigenvalue weighted by Gasteiger charge is 2.09. The molecule has 21 heavy (non-hydrogen) atoms. The number of rotatable bonds is 5. The SMILES string of the molecule is Cc1cc(OCC(=O)Nc2nc(CCl)cs2)cc(C)c1Cl. The van der Waals surface area contributed by atoms with Crippen molar-refractivity contribution < 1.29 is 9.53 Å². The quantitative estimate of drug-likeness (QED) is 0.828. The Kier molecular flexibility index (Phi) is 5.45. The zero-order valence-corrected chi connectivity index (χ0v) is 13.9. The van der Waals surface area contributed by atoms with E-state index in [1.165, 1.54) is 11.3 Å². The van der Waals surface area contributed by atoms with Crippen molar-refractivity contribution in [1.82, 2.24) is 4.98 Å². The molecule has 4 nitrogen and oxygen atoms in total. The third-order valence-electron chi connectivity index (χ3n) is 2.71. The van der Waals surface area contributed by atoms with Crippen molar-refractivity contribution in [2.45, 2.75) is 19.7 Å². The number of anilines is 1. The van der Waals surface area contributed by atoms with Crippen LogP contribution in [0.15, 0.2) is 17.5 Å². The van der Waals surface area contributed by atoms with Gasteiger partial charge in [0, 0.05) is 10.4 Å². The molecule has 0 spiro atoms. The van der Waals surface area contributed by atoms with Crippen molar-refractivity contribution in [3.8, 4) is 5.75 Å². The van der Waals surface area contributed by atoms with Gasteiger partial charge in [-0.25, -0.2) is 4.98 Å². The predicted octanol–water partition coefficient (Wildman–Crippen LogP) is 4.17. The molecule has 2 rings (SSSR count). The summed E-state index contributed by atoms with van der Waals surface area (Å²) in [5.74, 6) is 0.674. The molecule has 1 N–H and O–H groups in total. The number of hydrogen-bond acceptors (Lipinski definition) is 4. The molecular formula is C14H14Cl2N2O2S. The van der Waals surface area contributed by atoms with Gasteiger partial charge in [-0.05, 0) is 37.1 Å². The molecule has 0 radical (unpaired) electrons. The molecule has 0 aliphatic heterocycles. The van der Waals surface area contributed by atoms with Crippen LogP contribution in [0.4, 0.5) is 5.13 Å². The van der Waals surface area contributed by atoms with E-state index in [9.17, 15) is 4.79 Å². The summed E-state index contributed by atoms with van der Waals surface area (Å²) in [7, 11) is 0. The van der Waals surface area contributed by atoms with Gasteiger partial charge in [0.15, 0.2) is 11.7 Å². The number of aromatic nitrogens is 1. The first-order chi connectivity index (χ1) is 9.99. The van der Waals surface area contributed by atoms with Crippen molar-refractivity contribution in [2.24, 2.45) is 0 Å². The molecule has 0 saturated carbocycles. The lowest BCUT2D eigenvalue weighted by molar-refractivity contribution is -0.118. The second-order valence-corrected chi connectivity index (χ2v) is 5.99. The van der Waals surface area contributed by atoms with E-state index in [2.05, 4.69) is 10.3 Å². The van der Waals surface area contributed by atoms with Crippen molar-refractivity contribution in [3.05, 3.63) is 39.4 Å². The lowest BCUT2D eigenvalue weighted by atomic mass is 10.1. The third kappa shape index (κ3) is 4.33. The number of carbonyl (C=O) groups is 1. The molecule has 7 heteroatoms. The molecule has 0 saturated heterocycles. The minimum absolute atomic E-state index is 0.0870. The Hall–Kier alpha value is -1.30. The molecule has 1 aromatic carbocycles. The number of thiazole rings is 1. The average molecular weight is 345 g/mol. The van der Waals surface area contributed by atoms with Crippen LogP contribution in [0.3, 0.4) is 0 Å². The summed E-state index contributed by atoms with van der Waals surface area (Å²) < 4.78 is 5.47. The summed E-state index contributed by atoms with van der Waals surface area (Å²) in [5.41, 5.74) is 2.57. The smallest absolute Gasteiger partial charge is 0.264 e. The molecule has 1 heterocycles. The maximum atomic E-state index is 11.8. The Labute approximate surface area is 137 Å². The first kappa shape index (κ1) is 16.1. The van der Waals surface area contributed by atoms with E-state index in [0.29, 0.717) is 21.8 Å². The van der Waals surface area contributed by atoms with Crippen molar-refractivity contribution in [2.75, 3.05) is 11.9 Å². The van der Waals surface area contributed by atoms with Gasteiger partial charge in [0.1, 0.15) is 5.75 Å². The molecule has 1 amide bonds. The molecule has 2 aromatic rings. The lowest BCUT2D eigenvalue weighted by Crippen LogP contribution is -2.20. The summed E-state index contributed by atoms with van der Waals surface area (Å²) in [6.45, 7) is 3.70. The second kappa shape index (κ2) is 7.11. The minimum Gasteiger partial charge on any atom is -0.484 e. The first-order valence-electron chi connectivity index (χ1n) is 6.19. The van der Waals surface area contributed by atoms with E-state index in [0.717, 1.165) is 16.8 Å². The van der Waals surface area contributed by atoms with E-state index in [1.807, 2.05) is 13.8 Å². The van der Waals surface area contributed by atoms with Gasteiger partial charge in [-0.15, -0.1) is 22.9 Å². The molecule has 0 atom stereocenters. The van der Waals surface area contributed by atoms with Crippen molar-refractivity contribution >= 4 is 45.6 Å². The Balaban J connectivity index is 1.92. The number of carbonyl (C=O) groups excluding carboxylic acids is 1. The fourth-order valence-electron chi connectivity index (χ4n) is 1.72. The third-order valence-corrected chi connectivity index (χ3v) is 4.39. The highest BCUT2D eigenvalue weighted by Crippen LogP contribution is 2.25. The van der Waals surface area contributed by atoms with E-state index in [1.54, 1.807) is 17.5 Å². The number of nitrogens with zero attached hydrogens (tertiary/aromatic N) is 1. The maximum Gasteiger partial charge on any atom is 0.264 e. The van der Waals surface area contributed by atoms with Crippen LogP contribution in [0.2, 0.25) is 5.02 Å². The van der Waals surface area contributed by atoms with E-state index < -0.39 is 0 Å². The fraction of sp³-hybridized carbons (Fsp3) is 0.286. The Bertz CT molecular complexity index is 635. The molecule has 1 aromatic heterocycles. The molecule has 0 fully saturated rings. The monoisotopic (exact) mass is 344 g/mol. The zero-order chi connectivity index (χ0) is 15.4. The van der Waals surface area contributed by atoms with Crippen LogP contribution >= 0.6 is 34.5 Å². The highest BCUT2D eigenvalue weighted by molar-refractivity contribution is 7.13. The summed E-state index contributed by atoms with van der Waals surface area (Å²) >= 11 is 13.1. The number of amides is 1. The number of alkyl halides is 1. The van der Waals surface area contributed by atoms with Gasteiger partial charge in [0.25, 0.3) is 5.91 Å². The summed E-state index contributed by atoms with van der Waals surface area (Å²) in [6, 6.07) is 3.61. The molecule has 0 bridgehead atoms. The van der Waals surface area contributed by atoms with E-state index in [4.69, 9.17) is 27.9 Å².